The molecule has 2 rings (SSSR count). The first-order valence-corrected chi connectivity index (χ1v) is 5.03. The third kappa shape index (κ3) is 2.59. The lowest BCUT2D eigenvalue weighted by molar-refractivity contribution is -0.385. The fourth-order valence-electron chi connectivity index (χ4n) is 1.35. The highest BCUT2D eigenvalue weighted by atomic mass is 19.1. The van der Waals surface area contributed by atoms with E-state index >= 15 is 0 Å². The first kappa shape index (κ1) is 12.0. The summed E-state index contributed by atoms with van der Waals surface area (Å²) in [6.45, 7) is 1.81. The third-order valence-corrected chi connectivity index (χ3v) is 2.17. The zero-order valence-electron chi connectivity index (χ0n) is 9.38. The molecule has 0 atom stereocenters. The van der Waals surface area contributed by atoms with Crippen LogP contribution in [0.1, 0.15) is 11.7 Å². The van der Waals surface area contributed by atoms with Gasteiger partial charge in [0.15, 0.2) is 11.6 Å². The first-order valence-electron chi connectivity index (χ1n) is 5.03. The van der Waals surface area contributed by atoms with Crippen LogP contribution in [-0.2, 0) is 6.54 Å². The van der Waals surface area contributed by atoms with Gasteiger partial charge in [0.25, 0.3) is 5.69 Å². The van der Waals surface area contributed by atoms with E-state index in [2.05, 4.69) is 15.5 Å². The maximum atomic E-state index is 13.5. The molecule has 1 N–H and O–H groups in total. The van der Waals surface area contributed by atoms with Gasteiger partial charge in [0.2, 0.25) is 5.89 Å². The van der Waals surface area contributed by atoms with Gasteiger partial charge in [0.1, 0.15) is 0 Å². The van der Waals surface area contributed by atoms with Crippen LogP contribution in [-0.4, -0.2) is 15.1 Å². The molecule has 1 aromatic heterocycles. The van der Waals surface area contributed by atoms with E-state index in [0.29, 0.717) is 11.7 Å². The molecule has 8 heteroatoms. The van der Waals surface area contributed by atoms with Crippen LogP contribution in [0.2, 0.25) is 0 Å². The lowest BCUT2D eigenvalue weighted by atomic mass is 10.2. The van der Waals surface area contributed by atoms with Gasteiger partial charge in [-0.2, -0.15) is 4.98 Å². The van der Waals surface area contributed by atoms with Crippen molar-refractivity contribution in [3.63, 3.8) is 0 Å². The zero-order valence-corrected chi connectivity index (χ0v) is 9.38. The summed E-state index contributed by atoms with van der Waals surface area (Å²) in [5.41, 5.74) is -0.156. The zero-order chi connectivity index (χ0) is 13.1. The number of nitrogens with zero attached hydrogens (tertiary/aromatic N) is 3. The van der Waals surface area contributed by atoms with E-state index in [4.69, 9.17) is 4.52 Å². The molecule has 0 radical (unpaired) electrons. The molecule has 1 heterocycles. The van der Waals surface area contributed by atoms with E-state index in [1.54, 1.807) is 6.92 Å². The molecule has 18 heavy (non-hydrogen) atoms. The van der Waals surface area contributed by atoms with Gasteiger partial charge in [-0.25, -0.2) is 4.39 Å². The topological polar surface area (TPSA) is 94.1 Å². The summed E-state index contributed by atoms with van der Waals surface area (Å²) in [5, 5.41) is 16.8. The van der Waals surface area contributed by atoms with Crippen molar-refractivity contribution in [3.05, 3.63) is 45.8 Å². The van der Waals surface area contributed by atoms with Crippen LogP contribution in [0.15, 0.2) is 22.7 Å². The van der Waals surface area contributed by atoms with Crippen LogP contribution >= 0.6 is 0 Å². The highest BCUT2D eigenvalue weighted by Crippen LogP contribution is 2.20. The van der Waals surface area contributed by atoms with Crippen LogP contribution in [0.3, 0.4) is 0 Å². The number of nitro groups is 1. The number of anilines is 1. The first-order chi connectivity index (χ1) is 8.56. The smallest absolute Gasteiger partial charge is 0.272 e. The second-order valence-corrected chi connectivity index (χ2v) is 3.50. The molecule has 0 amide bonds. The van der Waals surface area contributed by atoms with E-state index in [1.165, 1.54) is 12.1 Å². The van der Waals surface area contributed by atoms with Crippen molar-refractivity contribution in [1.82, 2.24) is 10.1 Å². The highest BCUT2D eigenvalue weighted by Gasteiger charge is 2.11. The molecule has 94 valence electrons. The number of aryl methyl sites for hydroxylation is 1. The Bertz CT molecular complexity index is 584. The Morgan fingerprint density at radius 3 is 2.89 bits per heavy atom. The third-order valence-electron chi connectivity index (χ3n) is 2.17. The summed E-state index contributed by atoms with van der Waals surface area (Å²) in [5.74, 6) is 0.0886. The van der Waals surface area contributed by atoms with Gasteiger partial charge in [-0.1, -0.05) is 5.16 Å². The van der Waals surface area contributed by atoms with Crippen LogP contribution in [0, 0.1) is 22.9 Å². The molecule has 0 aliphatic heterocycles. The largest absolute Gasteiger partial charge is 0.375 e. The second kappa shape index (κ2) is 4.78. The average Bonchev–Trinajstić information content (AvgIpc) is 2.73. The Labute approximate surface area is 101 Å². The molecular weight excluding hydrogens is 243 g/mol. The van der Waals surface area contributed by atoms with Crippen LogP contribution in [0.25, 0.3) is 0 Å². The Morgan fingerprint density at radius 2 is 2.33 bits per heavy atom. The standard InChI is InChI=1S/C10H9FN4O3/c1-6-13-10(14-18-6)5-12-9-3-2-7(15(16)17)4-8(9)11/h2-4,12H,5H2,1H3. The number of aromatic nitrogens is 2. The van der Waals surface area contributed by atoms with Gasteiger partial charge in [0.05, 0.1) is 23.2 Å². The van der Waals surface area contributed by atoms with Crippen molar-refractivity contribution in [3.8, 4) is 0 Å². The van der Waals surface area contributed by atoms with Crippen molar-refractivity contribution in [2.45, 2.75) is 13.5 Å². The molecule has 0 fully saturated rings. The molecular formula is C10H9FN4O3. The normalized spacial score (nSPS) is 10.3. The predicted molar refractivity (Wildman–Crippen MR) is 59.4 cm³/mol. The summed E-state index contributed by atoms with van der Waals surface area (Å²) in [7, 11) is 0. The minimum Gasteiger partial charge on any atom is -0.375 e. The van der Waals surface area contributed by atoms with Crippen LogP contribution < -0.4 is 5.32 Å². The number of rotatable bonds is 4. The Balaban J connectivity index is 2.08. The predicted octanol–water partition coefficient (Wildman–Crippen LogP) is 2.04. The molecule has 0 saturated heterocycles. The van der Waals surface area contributed by atoms with E-state index in [0.717, 1.165) is 6.07 Å². The minimum atomic E-state index is -0.704. The number of halogens is 1. The van der Waals surface area contributed by atoms with E-state index < -0.39 is 10.7 Å². The quantitative estimate of drug-likeness (QED) is 0.660. The van der Waals surface area contributed by atoms with Gasteiger partial charge in [-0.3, -0.25) is 10.1 Å². The molecule has 0 spiro atoms. The molecule has 0 aliphatic rings. The van der Waals surface area contributed by atoms with Gasteiger partial charge < -0.3 is 9.84 Å². The summed E-state index contributed by atoms with van der Waals surface area (Å²) < 4.78 is 18.2. The van der Waals surface area contributed by atoms with Crippen LogP contribution in [0.4, 0.5) is 15.8 Å². The molecule has 1 aromatic carbocycles. The van der Waals surface area contributed by atoms with Crippen LogP contribution in [0.5, 0.6) is 0 Å². The summed E-state index contributed by atoms with van der Waals surface area (Å²) >= 11 is 0. The number of hydrogen-bond acceptors (Lipinski definition) is 6. The number of non-ortho nitro benzene ring substituents is 1. The fraction of sp³-hybridized carbons (Fsp3) is 0.200. The summed E-state index contributed by atoms with van der Waals surface area (Å²) in [6.07, 6.45) is 0. The highest BCUT2D eigenvalue weighted by molar-refractivity contribution is 5.50. The lowest BCUT2D eigenvalue weighted by Crippen LogP contribution is -2.03. The molecule has 0 unspecified atom stereocenters. The Morgan fingerprint density at radius 1 is 1.56 bits per heavy atom. The Hall–Kier alpha value is -2.51. The minimum absolute atomic E-state index is 0.142. The van der Waals surface area contributed by atoms with Crippen molar-refractivity contribution in [1.29, 1.82) is 0 Å². The van der Waals surface area contributed by atoms with Gasteiger partial charge >= 0.3 is 0 Å². The fourth-order valence-corrected chi connectivity index (χ4v) is 1.35. The molecule has 0 aliphatic carbocycles. The maximum absolute atomic E-state index is 13.5. The van der Waals surface area contributed by atoms with Gasteiger partial charge in [-0.15, -0.1) is 0 Å². The molecule has 0 saturated carbocycles. The second-order valence-electron chi connectivity index (χ2n) is 3.50. The summed E-state index contributed by atoms with van der Waals surface area (Å²) in [4.78, 5) is 13.7. The summed E-state index contributed by atoms with van der Waals surface area (Å²) in [6, 6.07) is 3.36. The van der Waals surface area contributed by atoms with E-state index in [-0.39, 0.29) is 17.9 Å². The van der Waals surface area contributed by atoms with Crippen molar-refractivity contribution >= 4 is 11.4 Å². The van der Waals surface area contributed by atoms with E-state index in [9.17, 15) is 14.5 Å². The molecule has 7 nitrogen and oxygen atoms in total. The van der Waals surface area contributed by atoms with Crippen molar-refractivity contribution in [2.75, 3.05) is 5.32 Å². The SMILES string of the molecule is Cc1nc(CNc2ccc([N+](=O)[O-])cc2F)no1. The van der Waals surface area contributed by atoms with Gasteiger partial charge in [-0.05, 0) is 6.07 Å². The number of benzene rings is 1. The maximum Gasteiger partial charge on any atom is 0.272 e. The number of hydrogen-bond donors (Lipinski definition) is 1. The van der Waals surface area contributed by atoms with Crippen molar-refractivity contribution < 1.29 is 13.8 Å². The number of nitro benzene ring substituents is 1. The Kier molecular flexibility index (Phi) is 3.18. The average molecular weight is 252 g/mol. The lowest BCUT2D eigenvalue weighted by Gasteiger charge is -2.04. The molecule has 0 bridgehead atoms. The number of nitrogens with one attached hydrogen (secondary N) is 1. The van der Waals surface area contributed by atoms with E-state index in [1.807, 2.05) is 0 Å². The molecule has 2 aromatic rings. The monoisotopic (exact) mass is 252 g/mol. The van der Waals surface area contributed by atoms with Crippen molar-refractivity contribution in [2.24, 2.45) is 0 Å². The van der Waals surface area contributed by atoms with Gasteiger partial charge in [0, 0.05) is 13.0 Å².